The molecule has 3 heteroatoms. The Morgan fingerprint density at radius 1 is 1.20 bits per heavy atom. The molecule has 1 heterocycles. The van der Waals surface area contributed by atoms with Crippen molar-refractivity contribution in [2.75, 3.05) is 13.2 Å². The quantitative estimate of drug-likeness (QED) is 0.706. The normalized spacial score (nSPS) is 12.7. The molecule has 0 aliphatic carbocycles. The summed E-state index contributed by atoms with van der Waals surface area (Å²) >= 11 is 0. The van der Waals surface area contributed by atoms with Crippen LogP contribution in [0.2, 0.25) is 0 Å². The van der Waals surface area contributed by atoms with Crippen molar-refractivity contribution in [1.29, 1.82) is 0 Å². The summed E-state index contributed by atoms with van der Waals surface area (Å²) in [6.07, 6.45) is 8.17. The van der Waals surface area contributed by atoms with E-state index in [-0.39, 0.29) is 0 Å². The van der Waals surface area contributed by atoms with Crippen molar-refractivity contribution in [3.63, 3.8) is 0 Å². The van der Waals surface area contributed by atoms with Gasteiger partial charge in [-0.05, 0) is 49.8 Å². The number of nitrogens with zero attached hydrogens (tertiary/aromatic N) is 1. The number of nitrogens with one attached hydrogen (secondary N) is 1. The fourth-order valence-corrected chi connectivity index (χ4v) is 2.22. The van der Waals surface area contributed by atoms with Gasteiger partial charge < -0.3 is 10.1 Å². The van der Waals surface area contributed by atoms with Gasteiger partial charge in [0.05, 0.1) is 12.8 Å². The molecular formula is C17H30N2O. The minimum Gasteiger partial charge on any atom is -0.492 e. The van der Waals surface area contributed by atoms with Crippen molar-refractivity contribution in [1.82, 2.24) is 10.3 Å². The summed E-state index contributed by atoms with van der Waals surface area (Å²) in [6.45, 7) is 10.8. The average molecular weight is 278 g/mol. The molecular weight excluding hydrogens is 248 g/mol. The van der Waals surface area contributed by atoms with Gasteiger partial charge in [-0.25, -0.2) is 0 Å². The third-order valence-corrected chi connectivity index (χ3v) is 3.45. The van der Waals surface area contributed by atoms with Crippen LogP contribution in [0.3, 0.4) is 0 Å². The first kappa shape index (κ1) is 17.0. The predicted molar refractivity (Wildman–Crippen MR) is 85.3 cm³/mol. The Morgan fingerprint density at radius 3 is 2.65 bits per heavy atom. The zero-order chi connectivity index (χ0) is 14.8. The molecule has 0 aliphatic rings. The first-order valence-corrected chi connectivity index (χ1v) is 7.97. The van der Waals surface area contributed by atoms with E-state index in [1.54, 1.807) is 6.20 Å². The fourth-order valence-electron chi connectivity index (χ4n) is 2.22. The molecule has 0 radical (unpaired) electrons. The maximum atomic E-state index is 5.64. The lowest BCUT2D eigenvalue weighted by Crippen LogP contribution is -2.34. The Hall–Kier alpha value is -1.09. The lowest BCUT2D eigenvalue weighted by molar-refractivity contribution is 0.315. The Bertz CT molecular complexity index is 366. The van der Waals surface area contributed by atoms with Gasteiger partial charge in [0.1, 0.15) is 5.75 Å². The van der Waals surface area contributed by atoms with Gasteiger partial charge in [0.2, 0.25) is 0 Å². The second-order valence-corrected chi connectivity index (χ2v) is 5.72. The van der Waals surface area contributed by atoms with Crippen LogP contribution in [-0.4, -0.2) is 24.2 Å². The highest BCUT2D eigenvalue weighted by atomic mass is 16.5. The molecule has 1 aromatic rings. The molecule has 1 N–H and O–H groups in total. The zero-order valence-electron chi connectivity index (χ0n) is 13.5. The maximum absolute atomic E-state index is 5.64. The number of ether oxygens (including phenoxy) is 1. The van der Waals surface area contributed by atoms with E-state index in [1.807, 2.05) is 6.20 Å². The molecule has 1 unspecified atom stereocenters. The van der Waals surface area contributed by atoms with E-state index in [9.17, 15) is 0 Å². The molecule has 114 valence electrons. The van der Waals surface area contributed by atoms with Crippen molar-refractivity contribution in [3.05, 3.63) is 24.0 Å². The van der Waals surface area contributed by atoms with Crippen molar-refractivity contribution in [2.24, 2.45) is 5.92 Å². The van der Waals surface area contributed by atoms with Crippen LogP contribution in [0.25, 0.3) is 0 Å². The van der Waals surface area contributed by atoms with Crippen LogP contribution < -0.4 is 10.1 Å². The van der Waals surface area contributed by atoms with E-state index >= 15 is 0 Å². The number of aryl methyl sites for hydroxylation is 1. The summed E-state index contributed by atoms with van der Waals surface area (Å²) in [7, 11) is 0. The molecule has 0 bridgehead atoms. The highest BCUT2D eigenvalue weighted by Crippen LogP contribution is 2.15. The molecule has 0 saturated heterocycles. The summed E-state index contributed by atoms with van der Waals surface area (Å²) < 4.78 is 5.64. The van der Waals surface area contributed by atoms with Crippen LogP contribution in [0.15, 0.2) is 18.5 Å². The zero-order valence-corrected chi connectivity index (χ0v) is 13.5. The predicted octanol–water partition coefficient (Wildman–Crippen LogP) is 3.83. The fraction of sp³-hybridized carbons (Fsp3) is 0.706. The summed E-state index contributed by atoms with van der Waals surface area (Å²) in [5, 5.41) is 3.64. The van der Waals surface area contributed by atoms with Crippen molar-refractivity contribution < 1.29 is 4.74 Å². The lowest BCUT2D eigenvalue weighted by Gasteiger charge is -2.22. The topological polar surface area (TPSA) is 34.2 Å². The number of hydrogen-bond acceptors (Lipinski definition) is 3. The van der Waals surface area contributed by atoms with Gasteiger partial charge in [-0.3, -0.25) is 4.98 Å². The highest BCUT2D eigenvalue weighted by Gasteiger charge is 2.12. The Morgan fingerprint density at radius 2 is 2.00 bits per heavy atom. The SMILES string of the molecule is CCCNC(CCc1cncc(OCCC)c1)C(C)C. The largest absolute Gasteiger partial charge is 0.492 e. The maximum Gasteiger partial charge on any atom is 0.137 e. The Labute approximate surface area is 124 Å². The first-order chi connectivity index (χ1) is 9.67. The molecule has 0 aliphatic heterocycles. The van der Waals surface area contributed by atoms with Crippen LogP contribution in [0.1, 0.15) is 52.5 Å². The van der Waals surface area contributed by atoms with Gasteiger partial charge in [-0.15, -0.1) is 0 Å². The molecule has 0 aromatic carbocycles. The van der Waals surface area contributed by atoms with E-state index < -0.39 is 0 Å². The molecule has 0 saturated carbocycles. The van der Waals surface area contributed by atoms with Crippen LogP contribution in [0.5, 0.6) is 5.75 Å². The second kappa shape index (κ2) is 9.76. The molecule has 0 fully saturated rings. The summed E-state index contributed by atoms with van der Waals surface area (Å²) in [4.78, 5) is 4.28. The van der Waals surface area contributed by atoms with Crippen LogP contribution in [0, 0.1) is 5.92 Å². The monoisotopic (exact) mass is 278 g/mol. The summed E-state index contributed by atoms with van der Waals surface area (Å²) in [5.74, 6) is 1.56. The summed E-state index contributed by atoms with van der Waals surface area (Å²) in [5.41, 5.74) is 1.27. The van der Waals surface area contributed by atoms with Gasteiger partial charge in [-0.2, -0.15) is 0 Å². The van der Waals surface area contributed by atoms with Crippen molar-refractivity contribution in [3.8, 4) is 5.75 Å². The number of pyridine rings is 1. The van der Waals surface area contributed by atoms with Gasteiger partial charge in [0.15, 0.2) is 0 Å². The average Bonchev–Trinajstić information content (AvgIpc) is 2.45. The molecule has 0 spiro atoms. The smallest absolute Gasteiger partial charge is 0.137 e. The third-order valence-electron chi connectivity index (χ3n) is 3.45. The molecule has 0 amide bonds. The Kier molecular flexibility index (Phi) is 8.28. The molecule has 1 rings (SSSR count). The minimum atomic E-state index is 0.579. The van der Waals surface area contributed by atoms with Crippen LogP contribution in [-0.2, 0) is 6.42 Å². The molecule has 1 atom stereocenters. The van der Waals surface area contributed by atoms with Gasteiger partial charge in [-0.1, -0.05) is 27.7 Å². The van der Waals surface area contributed by atoms with Gasteiger partial charge in [0.25, 0.3) is 0 Å². The van der Waals surface area contributed by atoms with Crippen LogP contribution >= 0.6 is 0 Å². The van der Waals surface area contributed by atoms with Crippen LogP contribution in [0.4, 0.5) is 0 Å². The first-order valence-electron chi connectivity index (χ1n) is 7.97. The highest BCUT2D eigenvalue weighted by molar-refractivity contribution is 5.23. The Balaban J connectivity index is 2.49. The lowest BCUT2D eigenvalue weighted by atomic mass is 9.97. The van der Waals surface area contributed by atoms with E-state index in [1.165, 1.54) is 12.0 Å². The van der Waals surface area contributed by atoms with Gasteiger partial charge >= 0.3 is 0 Å². The van der Waals surface area contributed by atoms with Crippen molar-refractivity contribution >= 4 is 0 Å². The number of hydrogen-bond donors (Lipinski definition) is 1. The second-order valence-electron chi connectivity index (χ2n) is 5.72. The molecule has 1 aromatic heterocycles. The molecule has 3 nitrogen and oxygen atoms in total. The minimum absolute atomic E-state index is 0.579. The van der Waals surface area contributed by atoms with Crippen molar-refractivity contribution in [2.45, 2.75) is 59.4 Å². The van der Waals surface area contributed by atoms with E-state index in [0.29, 0.717) is 12.0 Å². The van der Waals surface area contributed by atoms with E-state index in [2.05, 4.69) is 44.1 Å². The van der Waals surface area contributed by atoms with E-state index in [0.717, 1.165) is 38.2 Å². The third kappa shape index (κ3) is 6.38. The number of rotatable bonds is 10. The molecule has 20 heavy (non-hydrogen) atoms. The standard InChI is InChI=1S/C17H30N2O/c1-5-9-19-17(14(3)4)8-7-15-11-16(13-18-12-15)20-10-6-2/h11-14,17,19H,5-10H2,1-4H3. The summed E-state index contributed by atoms with van der Waals surface area (Å²) in [6, 6.07) is 2.70. The number of aromatic nitrogens is 1. The van der Waals surface area contributed by atoms with Gasteiger partial charge in [0, 0.05) is 12.2 Å². The van der Waals surface area contributed by atoms with E-state index in [4.69, 9.17) is 4.74 Å².